The van der Waals surface area contributed by atoms with E-state index in [0.29, 0.717) is 17.7 Å². The van der Waals surface area contributed by atoms with E-state index in [9.17, 15) is 31.4 Å². The van der Waals surface area contributed by atoms with Crippen molar-refractivity contribution in [3.05, 3.63) is 53.1 Å². The van der Waals surface area contributed by atoms with Gasteiger partial charge in [0, 0.05) is 10.9 Å². The van der Waals surface area contributed by atoms with Gasteiger partial charge in [0.25, 0.3) is 0 Å². The molecular formula is C17H10F6N2O2. The summed E-state index contributed by atoms with van der Waals surface area (Å²) in [6, 6.07) is 4.81. The Kier molecular flexibility index (Phi) is 4.46. The van der Waals surface area contributed by atoms with Gasteiger partial charge in [-0.3, -0.25) is 0 Å². The zero-order chi connectivity index (χ0) is 20.0. The van der Waals surface area contributed by atoms with Gasteiger partial charge in [-0.25, -0.2) is 0 Å². The molecule has 0 aliphatic rings. The number of halogens is 6. The van der Waals surface area contributed by atoms with Crippen molar-refractivity contribution >= 4 is 10.9 Å². The lowest BCUT2D eigenvalue weighted by atomic mass is 10.0. The maximum absolute atomic E-state index is 13.0. The van der Waals surface area contributed by atoms with Crippen LogP contribution in [-0.4, -0.2) is 20.4 Å². The lowest BCUT2D eigenvalue weighted by molar-refractivity contribution is -0.143. The number of hydrogen-bond acceptors (Lipinski definition) is 4. The molecule has 0 fully saturated rings. The van der Waals surface area contributed by atoms with E-state index in [1.807, 2.05) is 0 Å². The fourth-order valence-corrected chi connectivity index (χ4v) is 2.52. The van der Waals surface area contributed by atoms with Gasteiger partial charge >= 0.3 is 12.4 Å². The molecule has 3 rings (SSSR count). The molecule has 0 unspecified atom stereocenters. The number of aliphatic hydroxyl groups is 1. The molecule has 0 bridgehead atoms. The smallest absolute Gasteiger partial charge is 0.416 e. The molecule has 0 radical (unpaired) electrons. The zero-order valence-corrected chi connectivity index (χ0v) is 13.2. The summed E-state index contributed by atoms with van der Waals surface area (Å²) in [4.78, 5) is 0. The number of alkyl halides is 6. The Morgan fingerprint density at radius 1 is 0.778 bits per heavy atom. The van der Waals surface area contributed by atoms with Gasteiger partial charge in [0.15, 0.2) is 0 Å². The summed E-state index contributed by atoms with van der Waals surface area (Å²) >= 11 is 0. The third-order valence-electron chi connectivity index (χ3n) is 3.81. The SMILES string of the molecule is OCc1cc(O)c2cc(-c3cc(C(F)(F)F)cc(C(F)(F)F)c3)nnc2c1. The average Bonchev–Trinajstić information content (AvgIpc) is 2.59. The van der Waals surface area contributed by atoms with E-state index < -0.39 is 35.6 Å². The van der Waals surface area contributed by atoms with Crippen molar-refractivity contribution in [3.63, 3.8) is 0 Å². The highest BCUT2D eigenvalue weighted by molar-refractivity contribution is 5.88. The molecule has 10 heteroatoms. The number of hydrogen-bond donors (Lipinski definition) is 2. The fourth-order valence-electron chi connectivity index (χ4n) is 2.52. The van der Waals surface area contributed by atoms with Crippen LogP contribution in [0.3, 0.4) is 0 Å². The molecule has 2 aromatic carbocycles. The Bertz CT molecular complexity index is 982. The monoisotopic (exact) mass is 388 g/mol. The van der Waals surface area contributed by atoms with Crippen LogP contribution in [0, 0.1) is 0 Å². The van der Waals surface area contributed by atoms with Crippen LogP contribution >= 0.6 is 0 Å². The molecule has 0 amide bonds. The summed E-state index contributed by atoms with van der Waals surface area (Å²) in [5.74, 6) is -0.337. The average molecular weight is 388 g/mol. The first-order chi connectivity index (χ1) is 12.5. The minimum absolute atomic E-state index is 0.0168. The van der Waals surface area contributed by atoms with Crippen LogP contribution in [0.5, 0.6) is 5.75 Å². The van der Waals surface area contributed by atoms with Crippen molar-refractivity contribution in [1.82, 2.24) is 10.2 Å². The van der Waals surface area contributed by atoms with E-state index in [0.717, 1.165) is 6.07 Å². The van der Waals surface area contributed by atoms with Crippen molar-refractivity contribution < 1.29 is 36.6 Å². The normalized spacial score (nSPS) is 12.6. The van der Waals surface area contributed by atoms with Crippen molar-refractivity contribution in [3.8, 4) is 17.0 Å². The summed E-state index contributed by atoms with van der Waals surface area (Å²) in [6.07, 6.45) is -9.98. The predicted octanol–water partition coefficient (Wildman–Crippen LogP) is 4.53. The van der Waals surface area contributed by atoms with E-state index in [2.05, 4.69) is 10.2 Å². The molecule has 0 aliphatic heterocycles. The maximum Gasteiger partial charge on any atom is 0.416 e. The predicted molar refractivity (Wildman–Crippen MR) is 82.6 cm³/mol. The largest absolute Gasteiger partial charge is 0.507 e. The Balaban J connectivity index is 2.22. The van der Waals surface area contributed by atoms with Crippen LogP contribution in [0.4, 0.5) is 26.3 Å². The van der Waals surface area contributed by atoms with Gasteiger partial charge in [-0.1, -0.05) is 0 Å². The Morgan fingerprint density at radius 3 is 1.89 bits per heavy atom. The molecule has 0 aliphatic carbocycles. The van der Waals surface area contributed by atoms with E-state index in [1.54, 1.807) is 0 Å². The highest BCUT2D eigenvalue weighted by Crippen LogP contribution is 2.39. The fraction of sp³-hybridized carbons (Fsp3) is 0.176. The number of phenols is 1. The third-order valence-corrected chi connectivity index (χ3v) is 3.81. The molecule has 2 N–H and O–H groups in total. The lowest BCUT2D eigenvalue weighted by Gasteiger charge is -2.14. The number of fused-ring (bicyclic) bond motifs is 1. The van der Waals surface area contributed by atoms with Crippen LogP contribution in [0.2, 0.25) is 0 Å². The first-order valence-corrected chi connectivity index (χ1v) is 7.39. The van der Waals surface area contributed by atoms with Gasteiger partial charge in [0.05, 0.1) is 28.9 Å². The molecule has 1 aromatic heterocycles. The quantitative estimate of drug-likeness (QED) is 0.633. The molecule has 142 valence electrons. The number of phenolic OH excluding ortho intramolecular Hbond substituents is 1. The molecule has 0 spiro atoms. The standard InChI is InChI=1S/C17H10F6N2O2/c18-16(19,20)10-3-9(4-11(5-10)17(21,22)23)13-6-12-14(25-24-13)1-8(7-26)2-15(12)27/h1-6,26-27H,7H2. The van der Waals surface area contributed by atoms with Gasteiger partial charge in [0.1, 0.15) is 5.75 Å². The van der Waals surface area contributed by atoms with Gasteiger partial charge < -0.3 is 10.2 Å². The minimum atomic E-state index is -4.99. The van der Waals surface area contributed by atoms with Crippen LogP contribution in [0.25, 0.3) is 22.2 Å². The van der Waals surface area contributed by atoms with Crippen molar-refractivity contribution in [2.45, 2.75) is 19.0 Å². The van der Waals surface area contributed by atoms with E-state index in [4.69, 9.17) is 5.11 Å². The summed E-state index contributed by atoms with van der Waals surface area (Å²) in [5.41, 5.74) is -3.22. The second kappa shape index (κ2) is 6.38. The third kappa shape index (κ3) is 3.80. The molecular weight excluding hydrogens is 378 g/mol. The van der Waals surface area contributed by atoms with Crippen LogP contribution in [0.15, 0.2) is 36.4 Å². The summed E-state index contributed by atoms with van der Waals surface area (Å²) < 4.78 is 77.9. The van der Waals surface area contributed by atoms with Gasteiger partial charge in [-0.05, 0) is 42.0 Å². The van der Waals surface area contributed by atoms with Crippen LogP contribution < -0.4 is 0 Å². The van der Waals surface area contributed by atoms with Gasteiger partial charge in [-0.15, -0.1) is 10.2 Å². The topological polar surface area (TPSA) is 66.2 Å². The highest BCUT2D eigenvalue weighted by atomic mass is 19.4. The second-order valence-corrected chi connectivity index (χ2v) is 5.73. The number of aromatic nitrogens is 2. The molecule has 0 atom stereocenters. The molecule has 0 saturated heterocycles. The van der Waals surface area contributed by atoms with Crippen LogP contribution in [-0.2, 0) is 19.0 Å². The number of aromatic hydroxyl groups is 1. The number of rotatable bonds is 2. The molecule has 1 heterocycles. The molecule has 4 nitrogen and oxygen atoms in total. The van der Waals surface area contributed by atoms with Gasteiger partial charge in [0.2, 0.25) is 0 Å². The Morgan fingerprint density at radius 2 is 1.37 bits per heavy atom. The Labute approximate surface area is 147 Å². The van der Waals surface area contributed by atoms with Crippen LogP contribution in [0.1, 0.15) is 16.7 Å². The lowest BCUT2D eigenvalue weighted by Crippen LogP contribution is -2.11. The van der Waals surface area contributed by atoms with E-state index in [1.165, 1.54) is 12.1 Å². The Hall–Kier alpha value is -2.88. The minimum Gasteiger partial charge on any atom is -0.507 e. The number of aliphatic hydroxyl groups excluding tert-OH is 1. The first-order valence-electron chi connectivity index (χ1n) is 7.39. The first kappa shape index (κ1) is 18.9. The molecule has 0 saturated carbocycles. The number of benzene rings is 2. The van der Waals surface area contributed by atoms with Crippen molar-refractivity contribution in [2.24, 2.45) is 0 Å². The van der Waals surface area contributed by atoms with Crippen molar-refractivity contribution in [1.29, 1.82) is 0 Å². The van der Waals surface area contributed by atoms with E-state index >= 15 is 0 Å². The van der Waals surface area contributed by atoms with Gasteiger partial charge in [-0.2, -0.15) is 26.3 Å². The summed E-state index contributed by atoms with van der Waals surface area (Å²) in [7, 11) is 0. The molecule has 27 heavy (non-hydrogen) atoms. The maximum atomic E-state index is 13.0. The van der Waals surface area contributed by atoms with E-state index in [-0.39, 0.29) is 28.4 Å². The number of nitrogens with zero attached hydrogens (tertiary/aromatic N) is 2. The summed E-state index contributed by atoms with van der Waals surface area (Å²) in [5, 5.41) is 26.5. The molecule has 3 aromatic rings. The highest BCUT2D eigenvalue weighted by Gasteiger charge is 2.37. The van der Waals surface area contributed by atoms with Crippen molar-refractivity contribution in [2.75, 3.05) is 0 Å². The zero-order valence-electron chi connectivity index (χ0n) is 13.2. The second-order valence-electron chi connectivity index (χ2n) is 5.73. The summed E-state index contributed by atoms with van der Waals surface area (Å²) in [6.45, 7) is -0.393.